The smallest absolute Gasteiger partial charge is 0.475 e. The van der Waals surface area contributed by atoms with E-state index in [-0.39, 0.29) is 11.9 Å². The van der Waals surface area contributed by atoms with Gasteiger partial charge in [0, 0.05) is 36.6 Å². The average Bonchev–Trinajstić information content (AvgIpc) is 3.30. The lowest BCUT2D eigenvalue weighted by atomic mass is 10.2. The van der Waals surface area contributed by atoms with Crippen molar-refractivity contribution in [2.75, 3.05) is 31.2 Å². The van der Waals surface area contributed by atoms with E-state index in [9.17, 15) is 18.0 Å². The van der Waals surface area contributed by atoms with Crippen LogP contribution in [-0.2, 0) is 22.4 Å². The van der Waals surface area contributed by atoms with Gasteiger partial charge in [0.25, 0.3) is 5.91 Å². The molecule has 0 spiro atoms. The molecule has 1 unspecified atom stereocenters. The third kappa shape index (κ3) is 5.70. The molecule has 3 heterocycles. The van der Waals surface area contributed by atoms with Crippen molar-refractivity contribution in [1.82, 2.24) is 10.3 Å². The van der Waals surface area contributed by atoms with E-state index in [1.807, 2.05) is 12.1 Å². The Balaban J connectivity index is 0.000000318. The highest BCUT2D eigenvalue weighted by atomic mass is 32.1. The number of hydrogen-bond acceptors (Lipinski definition) is 6. The Kier molecular flexibility index (Phi) is 6.93. The Morgan fingerprint density at radius 3 is 2.47 bits per heavy atom. The lowest BCUT2D eigenvalue weighted by molar-refractivity contribution is -0.192. The van der Waals surface area contributed by atoms with E-state index in [0.29, 0.717) is 5.56 Å². The van der Waals surface area contributed by atoms with Gasteiger partial charge in [-0.25, -0.2) is 9.78 Å². The summed E-state index contributed by atoms with van der Waals surface area (Å²) in [6, 6.07) is 6.15. The van der Waals surface area contributed by atoms with Gasteiger partial charge in [0.05, 0.1) is 18.8 Å². The van der Waals surface area contributed by atoms with E-state index in [4.69, 9.17) is 14.6 Å². The number of rotatable bonds is 3. The fourth-order valence-electron chi connectivity index (χ4n) is 3.16. The molecule has 7 nitrogen and oxygen atoms in total. The highest BCUT2D eigenvalue weighted by Crippen LogP contribution is 2.27. The number of nitrogens with one attached hydrogen (secondary N) is 1. The Labute approximate surface area is 174 Å². The largest absolute Gasteiger partial charge is 0.490 e. The molecule has 2 aromatic heterocycles. The zero-order valence-corrected chi connectivity index (χ0v) is 16.6. The number of aromatic nitrogens is 1. The number of carbonyl (C=O) groups is 2. The Bertz CT molecular complexity index is 859. The highest BCUT2D eigenvalue weighted by Gasteiger charge is 2.38. The first-order chi connectivity index (χ1) is 14.2. The molecule has 0 saturated carbocycles. The molecule has 162 valence electrons. The number of halogens is 3. The van der Waals surface area contributed by atoms with Crippen LogP contribution in [0.3, 0.4) is 0 Å². The van der Waals surface area contributed by atoms with Crippen LogP contribution in [0.1, 0.15) is 20.8 Å². The number of fused-ring (bicyclic) bond motifs is 1. The van der Waals surface area contributed by atoms with Crippen molar-refractivity contribution >= 4 is 29.0 Å². The number of hydrogen-bond donors (Lipinski definition) is 2. The predicted molar refractivity (Wildman–Crippen MR) is 104 cm³/mol. The van der Waals surface area contributed by atoms with Gasteiger partial charge in [0.15, 0.2) is 0 Å². The molecule has 0 bridgehead atoms. The maximum absolute atomic E-state index is 12.4. The van der Waals surface area contributed by atoms with Crippen LogP contribution < -0.4 is 10.2 Å². The van der Waals surface area contributed by atoms with Gasteiger partial charge in [-0.15, -0.1) is 11.3 Å². The Morgan fingerprint density at radius 2 is 1.90 bits per heavy atom. The number of amides is 1. The van der Waals surface area contributed by atoms with Crippen molar-refractivity contribution in [3.8, 4) is 0 Å². The summed E-state index contributed by atoms with van der Waals surface area (Å²) in [5.41, 5.74) is 2.00. The molecule has 0 radical (unpaired) electrons. The summed E-state index contributed by atoms with van der Waals surface area (Å²) in [5, 5.41) is 12.4. The van der Waals surface area contributed by atoms with Crippen molar-refractivity contribution in [2.24, 2.45) is 0 Å². The second-order valence-corrected chi connectivity index (χ2v) is 7.76. The maximum atomic E-state index is 12.4. The molecule has 4 rings (SSSR count). The normalized spacial score (nSPS) is 18.2. The van der Waals surface area contributed by atoms with Gasteiger partial charge in [0.1, 0.15) is 5.82 Å². The van der Waals surface area contributed by atoms with Crippen LogP contribution in [0.2, 0.25) is 0 Å². The summed E-state index contributed by atoms with van der Waals surface area (Å²) in [6.45, 7) is 3.16. The van der Waals surface area contributed by atoms with Crippen molar-refractivity contribution < 1.29 is 32.6 Å². The van der Waals surface area contributed by atoms with E-state index in [1.54, 1.807) is 17.5 Å². The summed E-state index contributed by atoms with van der Waals surface area (Å²) in [4.78, 5) is 29.3. The second-order valence-electron chi connectivity index (χ2n) is 6.76. The number of carboxylic acid groups (broad SMARTS) is 1. The summed E-state index contributed by atoms with van der Waals surface area (Å²) in [6.07, 6.45) is -1.53. The molecular formula is C19H20F3N3O4S. The molecule has 30 heavy (non-hydrogen) atoms. The van der Waals surface area contributed by atoms with Crippen molar-refractivity contribution in [1.29, 1.82) is 0 Å². The maximum Gasteiger partial charge on any atom is 0.490 e. The summed E-state index contributed by atoms with van der Waals surface area (Å²) in [7, 11) is 0. The van der Waals surface area contributed by atoms with Gasteiger partial charge < -0.3 is 20.1 Å². The zero-order chi connectivity index (χ0) is 21.7. The van der Waals surface area contributed by atoms with E-state index in [1.165, 1.54) is 10.4 Å². The summed E-state index contributed by atoms with van der Waals surface area (Å²) < 4.78 is 37.1. The first kappa shape index (κ1) is 22.0. The van der Waals surface area contributed by atoms with Crippen LogP contribution in [0.25, 0.3) is 0 Å². The van der Waals surface area contributed by atoms with Crippen LogP contribution in [-0.4, -0.2) is 60.5 Å². The molecule has 1 aliphatic heterocycles. The minimum atomic E-state index is -5.08. The van der Waals surface area contributed by atoms with Crippen molar-refractivity contribution in [2.45, 2.75) is 25.1 Å². The fourth-order valence-corrected chi connectivity index (χ4v) is 4.16. The topological polar surface area (TPSA) is 91.8 Å². The lowest BCUT2D eigenvalue weighted by Crippen LogP contribution is -2.37. The van der Waals surface area contributed by atoms with Crippen molar-refractivity contribution in [3.63, 3.8) is 0 Å². The van der Waals surface area contributed by atoms with E-state index >= 15 is 0 Å². The molecule has 1 fully saturated rings. The SMILES string of the molecule is O=C(NC1Cc2ccsc2C1)c1ccc(N2CCOCC2)nc1.O=C(O)C(F)(F)F. The minimum Gasteiger partial charge on any atom is -0.475 e. The number of anilines is 1. The van der Waals surface area contributed by atoms with Crippen LogP contribution in [0.5, 0.6) is 0 Å². The minimum absolute atomic E-state index is 0.0359. The molecule has 1 atom stereocenters. The molecule has 1 amide bonds. The van der Waals surface area contributed by atoms with Gasteiger partial charge in [-0.3, -0.25) is 4.79 Å². The third-order valence-corrected chi connectivity index (χ3v) is 5.64. The van der Waals surface area contributed by atoms with E-state index in [0.717, 1.165) is 45.0 Å². The average molecular weight is 443 g/mol. The molecule has 2 aromatic rings. The predicted octanol–water partition coefficient (Wildman–Crippen LogP) is 2.51. The molecule has 1 saturated heterocycles. The number of nitrogens with zero attached hydrogens (tertiary/aromatic N) is 2. The molecule has 1 aliphatic carbocycles. The van der Waals surface area contributed by atoms with Crippen LogP contribution in [0.4, 0.5) is 19.0 Å². The monoisotopic (exact) mass is 443 g/mol. The Morgan fingerprint density at radius 1 is 1.20 bits per heavy atom. The fraction of sp³-hybridized carbons (Fsp3) is 0.421. The van der Waals surface area contributed by atoms with Gasteiger partial charge in [-0.1, -0.05) is 0 Å². The highest BCUT2D eigenvalue weighted by molar-refractivity contribution is 7.10. The molecule has 2 aliphatic rings. The van der Waals surface area contributed by atoms with Crippen molar-refractivity contribution in [3.05, 3.63) is 45.8 Å². The second kappa shape index (κ2) is 9.43. The number of carboxylic acids is 1. The molecular weight excluding hydrogens is 423 g/mol. The van der Waals surface area contributed by atoms with Crippen LogP contribution in [0, 0.1) is 0 Å². The quantitative estimate of drug-likeness (QED) is 0.758. The molecule has 11 heteroatoms. The first-order valence-electron chi connectivity index (χ1n) is 9.19. The molecule has 2 N–H and O–H groups in total. The number of pyridine rings is 1. The standard InChI is InChI=1S/C17H19N3O2S.C2HF3O2/c21-17(19-14-9-12-3-8-23-15(12)10-14)13-1-2-16(18-11-13)20-4-6-22-7-5-20;3-2(4,5)1(6)7/h1-3,8,11,14H,4-7,9-10H2,(H,19,21);(H,6,7). The lowest BCUT2D eigenvalue weighted by Gasteiger charge is -2.27. The van der Waals surface area contributed by atoms with Gasteiger partial charge in [-0.2, -0.15) is 13.2 Å². The van der Waals surface area contributed by atoms with Gasteiger partial charge in [0.2, 0.25) is 0 Å². The summed E-state index contributed by atoms with van der Waals surface area (Å²) in [5.74, 6) is -1.88. The molecule has 0 aromatic carbocycles. The number of thiophene rings is 1. The Hall–Kier alpha value is -2.66. The van der Waals surface area contributed by atoms with Gasteiger partial charge >= 0.3 is 12.1 Å². The number of morpholine rings is 1. The first-order valence-corrected chi connectivity index (χ1v) is 10.1. The number of carbonyl (C=O) groups excluding carboxylic acids is 1. The zero-order valence-electron chi connectivity index (χ0n) is 15.8. The summed E-state index contributed by atoms with van der Waals surface area (Å²) >= 11 is 1.78. The third-order valence-electron chi connectivity index (χ3n) is 4.66. The van der Waals surface area contributed by atoms with E-state index < -0.39 is 12.1 Å². The number of alkyl halides is 3. The van der Waals surface area contributed by atoms with Crippen LogP contribution in [0.15, 0.2) is 29.8 Å². The van der Waals surface area contributed by atoms with Crippen LogP contribution >= 0.6 is 11.3 Å². The number of ether oxygens (including phenoxy) is 1. The number of aliphatic carboxylic acids is 1. The van der Waals surface area contributed by atoms with Gasteiger partial charge in [-0.05, 0) is 35.6 Å². The van der Waals surface area contributed by atoms with E-state index in [2.05, 4.69) is 26.6 Å².